The Labute approximate surface area is 92.2 Å². The number of rotatable bonds is 7. The second-order valence-corrected chi connectivity index (χ2v) is 3.30. The molecule has 0 aliphatic carbocycles. The van der Waals surface area contributed by atoms with Crippen molar-refractivity contribution in [2.75, 3.05) is 6.54 Å². The largest absolute Gasteiger partial charge is 0.481 e. The van der Waals surface area contributed by atoms with Crippen LogP contribution in [0.1, 0.15) is 26.2 Å². The van der Waals surface area contributed by atoms with E-state index in [2.05, 4.69) is 0 Å². The summed E-state index contributed by atoms with van der Waals surface area (Å²) in [6.45, 7) is 1.13. The zero-order chi connectivity index (χ0) is 12.7. The second kappa shape index (κ2) is 6.78. The van der Waals surface area contributed by atoms with Gasteiger partial charge >= 0.3 is 11.9 Å². The molecule has 0 aliphatic rings. The summed E-state index contributed by atoms with van der Waals surface area (Å²) in [5.74, 6) is -4.01. The van der Waals surface area contributed by atoms with Gasteiger partial charge in [0.05, 0.1) is 12.5 Å². The van der Waals surface area contributed by atoms with E-state index in [-0.39, 0.29) is 19.3 Å². The monoisotopic (exact) mass is 233 g/mol. The van der Waals surface area contributed by atoms with Gasteiger partial charge in [-0.2, -0.15) is 0 Å². The summed E-state index contributed by atoms with van der Waals surface area (Å²) < 4.78 is 0. The summed E-state index contributed by atoms with van der Waals surface area (Å²) >= 11 is 0. The van der Waals surface area contributed by atoms with Gasteiger partial charge in [-0.05, 0) is 6.42 Å². The van der Waals surface area contributed by atoms with E-state index in [0.29, 0.717) is 5.06 Å². The molecule has 92 valence electrons. The molecule has 1 unspecified atom stereocenters. The molecular weight excluding hydrogens is 218 g/mol. The third-order valence-electron chi connectivity index (χ3n) is 2.04. The van der Waals surface area contributed by atoms with Crippen molar-refractivity contribution in [3.63, 3.8) is 0 Å². The second-order valence-electron chi connectivity index (χ2n) is 3.30. The lowest BCUT2D eigenvalue weighted by atomic mass is 10.0. The lowest BCUT2D eigenvalue weighted by molar-refractivity contribution is -0.171. The van der Waals surface area contributed by atoms with Crippen LogP contribution in [0.3, 0.4) is 0 Å². The van der Waals surface area contributed by atoms with Crippen molar-refractivity contribution in [3.05, 3.63) is 0 Å². The van der Waals surface area contributed by atoms with Crippen molar-refractivity contribution < 1.29 is 29.8 Å². The molecule has 7 heteroatoms. The van der Waals surface area contributed by atoms with Gasteiger partial charge in [-0.15, -0.1) is 0 Å². The predicted molar refractivity (Wildman–Crippen MR) is 51.8 cm³/mol. The third-order valence-corrected chi connectivity index (χ3v) is 2.04. The maximum atomic E-state index is 11.0. The van der Waals surface area contributed by atoms with E-state index < -0.39 is 30.3 Å². The van der Waals surface area contributed by atoms with Gasteiger partial charge < -0.3 is 10.2 Å². The Kier molecular flexibility index (Phi) is 6.09. The van der Waals surface area contributed by atoms with E-state index in [1.807, 2.05) is 0 Å². The quantitative estimate of drug-likeness (QED) is 0.426. The van der Waals surface area contributed by atoms with Gasteiger partial charge in [0, 0.05) is 12.8 Å². The minimum absolute atomic E-state index is 0.0573. The fourth-order valence-electron chi connectivity index (χ4n) is 1.08. The van der Waals surface area contributed by atoms with Crippen LogP contribution in [0.25, 0.3) is 0 Å². The molecule has 0 saturated carbocycles. The van der Waals surface area contributed by atoms with Crippen LogP contribution in [0.15, 0.2) is 0 Å². The van der Waals surface area contributed by atoms with E-state index in [0.717, 1.165) is 0 Å². The predicted octanol–water partition coefficient (Wildman–Crippen LogP) is 0.180. The third kappa shape index (κ3) is 5.30. The summed E-state index contributed by atoms with van der Waals surface area (Å²) in [6, 6.07) is 0. The summed E-state index contributed by atoms with van der Waals surface area (Å²) in [5, 5.41) is 26.6. The smallest absolute Gasteiger partial charge is 0.308 e. The van der Waals surface area contributed by atoms with Gasteiger partial charge in [0.15, 0.2) is 0 Å². The molecule has 7 nitrogen and oxygen atoms in total. The maximum Gasteiger partial charge on any atom is 0.308 e. The minimum Gasteiger partial charge on any atom is -0.481 e. The van der Waals surface area contributed by atoms with Crippen LogP contribution in [-0.2, 0) is 14.4 Å². The van der Waals surface area contributed by atoms with Crippen molar-refractivity contribution >= 4 is 17.8 Å². The van der Waals surface area contributed by atoms with Crippen LogP contribution >= 0.6 is 0 Å². The molecule has 0 saturated heterocycles. The number of amides is 1. The summed E-state index contributed by atoms with van der Waals surface area (Å²) in [7, 11) is 0. The SMILES string of the molecule is CCC(=O)N(O)CC(CCC(=O)O)C(=O)O. The van der Waals surface area contributed by atoms with E-state index >= 15 is 0 Å². The molecule has 0 radical (unpaired) electrons. The van der Waals surface area contributed by atoms with Crippen molar-refractivity contribution in [1.82, 2.24) is 5.06 Å². The molecule has 0 aromatic heterocycles. The first-order valence-corrected chi connectivity index (χ1v) is 4.82. The van der Waals surface area contributed by atoms with Crippen LogP contribution in [0.5, 0.6) is 0 Å². The average Bonchev–Trinajstić information content (AvgIpc) is 2.21. The number of carboxylic acid groups (broad SMARTS) is 2. The number of hydrogen-bond acceptors (Lipinski definition) is 4. The lowest BCUT2D eigenvalue weighted by Gasteiger charge is -2.18. The van der Waals surface area contributed by atoms with Gasteiger partial charge in [-0.1, -0.05) is 6.92 Å². The summed E-state index contributed by atoms with van der Waals surface area (Å²) in [5.41, 5.74) is 0. The fourth-order valence-corrected chi connectivity index (χ4v) is 1.08. The number of hydrogen-bond donors (Lipinski definition) is 3. The van der Waals surface area contributed by atoms with Crippen LogP contribution in [0.4, 0.5) is 0 Å². The zero-order valence-electron chi connectivity index (χ0n) is 8.92. The summed E-state index contributed by atoms with van der Waals surface area (Å²) in [6.07, 6.45) is -0.383. The van der Waals surface area contributed by atoms with E-state index in [1.165, 1.54) is 6.92 Å². The van der Waals surface area contributed by atoms with Gasteiger partial charge in [-0.25, -0.2) is 5.06 Å². The van der Waals surface area contributed by atoms with Crippen LogP contribution in [-0.4, -0.2) is 44.9 Å². The molecule has 0 fully saturated rings. The standard InChI is InChI=1S/C9H15NO6/c1-2-7(11)10(16)5-6(9(14)15)3-4-8(12)13/h6,16H,2-5H2,1H3,(H,12,13)(H,14,15). The maximum absolute atomic E-state index is 11.0. The van der Waals surface area contributed by atoms with Gasteiger partial charge in [-0.3, -0.25) is 19.6 Å². The molecule has 0 heterocycles. The number of carbonyl (C=O) groups excluding carboxylic acids is 1. The molecule has 0 bridgehead atoms. The molecule has 1 atom stereocenters. The molecule has 3 N–H and O–H groups in total. The van der Waals surface area contributed by atoms with E-state index in [1.54, 1.807) is 0 Å². The topological polar surface area (TPSA) is 115 Å². The molecule has 0 aliphatic heterocycles. The zero-order valence-corrected chi connectivity index (χ0v) is 8.92. The van der Waals surface area contributed by atoms with Crippen LogP contribution in [0.2, 0.25) is 0 Å². The first-order valence-electron chi connectivity index (χ1n) is 4.82. The first kappa shape index (κ1) is 14.4. The van der Waals surface area contributed by atoms with Gasteiger partial charge in [0.25, 0.3) is 0 Å². The first-order chi connectivity index (χ1) is 7.38. The van der Waals surface area contributed by atoms with Crippen molar-refractivity contribution in [3.8, 4) is 0 Å². The molecular formula is C9H15NO6. The van der Waals surface area contributed by atoms with Crippen molar-refractivity contribution in [2.24, 2.45) is 5.92 Å². The summed E-state index contributed by atoms with van der Waals surface area (Å²) in [4.78, 5) is 32.0. The minimum atomic E-state index is -1.23. The van der Waals surface area contributed by atoms with E-state index in [4.69, 9.17) is 10.2 Å². The van der Waals surface area contributed by atoms with Crippen LogP contribution < -0.4 is 0 Å². The van der Waals surface area contributed by atoms with Crippen LogP contribution in [0, 0.1) is 5.92 Å². The Bertz CT molecular complexity index is 277. The normalized spacial score (nSPS) is 11.9. The highest BCUT2D eigenvalue weighted by atomic mass is 16.5. The highest BCUT2D eigenvalue weighted by Gasteiger charge is 2.23. The molecule has 0 spiro atoms. The molecule has 0 rings (SSSR count). The molecule has 1 amide bonds. The highest BCUT2D eigenvalue weighted by molar-refractivity contribution is 5.76. The number of carbonyl (C=O) groups is 3. The molecule has 0 aromatic rings. The van der Waals surface area contributed by atoms with Crippen molar-refractivity contribution in [1.29, 1.82) is 0 Å². The Balaban J connectivity index is 4.28. The molecule has 16 heavy (non-hydrogen) atoms. The average molecular weight is 233 g/mol. The Morgan fingerprint density at radius 3 is 2.19 bits per heavy atom. The Hall–Kier alpha value is -1.63. The number of hydroxylamine groups is 2. The van der Waals surface area contributed by atoms with Gasteiger partial charge in [0.1, 0.15) is 0 Å². The Morgan fingerprint density at radius 2 is 1.81 bits per heavy atom. The van der Waals surface area contributed by atoms with Gasteiger partial charge in [0.2, 0.25) is 5.91 Å². The number of aliphatic carboxylic acids is 2. The lowest BCUT2D eigenvalue weighted by Crippen LogP contribution is -2.35. The number of carboxylic acids is 2. The van der Waals surface area contributed by atoms with Crippen molar-refractivity contribution in [2.45, 2.75) is 26.2 Å². The Morgan fingerprint density at radius 1 is 1.25 bits per heavy atom. The van der Waals surface area contributed by atoms with E-state index in [9.17, 15) is 19.6 Å². The fraction of sp³-hybridized carbons (Fsp3) is 0.667. The highest BCUT2D eigenvalue weighted by Crippen LogP contribution is 2.09. The molecule has 0 aromatic carbocycles. The number of nitrogens with zero attached hydrogens (tertiary/aromatic N) is 1.